The highest BCUT2D eigenvalue weighted by Crippen LogP contribution is 2.32. The molecular weight excluding hydrogens is 434 g/mol. The molecular formula is C20H18ClNO5S2. The van der Waals surface area contributed by atoms with E-state index >= 15 is 0 Å². The van der Waals surface area contributed by atoms with Crippen molar-refractivity contribution in [2.24, 2.45) is 0 Å². The number of hydrogen-bond acceptors (Lipinski definition) is 6. The average Bonchev–Trinajstić information content (AvgIpc) is 2.72. The number of halogens is 1. The first-order chi connectivity index (χ1) is 13.9. The largest absolute Gasteiger partial charge is 0.477 e. The number of methoxy groups -OCH3 is 1. The molecule has 0 aliphatic heterocycles. The van der Waals surface area contributed by atoms with Crippen LogP contribution in [-0.4, -0.2) is 34.0 Å². The molecule has 0 amide bonds. The smallest absolute Gasteiger partial charge is 0.315 e. The predicted octanol–water partition coefficient (Wildman–Crippen LogP) is 4.07. The van der Waals surface area contributed by atoms with Crippen LogP contribution in [0.5, 0.6) is 5.75 Å². The lowest BCUT2D eigenvalue weighted by Gasteiger charge is -2.13. The summed E-state index contributed by atoms with van der Waals surface area (Å²) >= 11 is 7.11. The monoisotopic (exact) mass is 451 g/mol. The van der Waals surface area contributed by atoms with Gasteiger partial charge in [-0.1, -0.05) is 35.9 Å². The van der Waals surface area contributed by atoms with Gasteiger partial charge in [0.1, 0.15) is 5.75 Å². The van der Waals surface area contributed by atoms with Gasteiger partial charge in [-0.05, 0) is 41.8 Å². The summed E-state index contributed by atoms with van der Waals surface area (Å²) in [6.45, 7) is -0.250. The van der Waals surface area contributed by atoms with Crippen molar-refractivity contribution in [3.8, 4) is 5.75 Å². The van der Waals surface area contributed by atoms with Crippen molar-refractivity contribution in [3.63, 3.8) is 0 Å². The number of esters is 1. The Balaban J connectivity index is 1.76. The molecule has 3 aromatic rings. The first-order valence-corrected chi connectivity index (χ1v) is 11.3. The Morgan fingerprint density at radius 2 is 1.83 bits per heavy atom. The molecule has 0 aliphatic rings. The molecule has 0 aliphatic carbocycles. The van der Waals surface area contributed by atoms with Crippen LogP contribution in [-0.2, 0) is 19.6 Å². The number of fused-ring (bicyclic) bond motifs is 1. The number of carbonyl (C=O) groups excluding carboxylic acids is 1. The van der Waals surface area contributed by atoms with Gasteiger partial charge in [-0.25, -0.2) is 8.42 Å². The number of carbonyl (C=O) groups is 1. The van der Waals surface area contributed by atoms with Crippen molar-refractivity contribution < 1.29 is 22.7 Å². The van der Waals surface area contributed by atoms with Crippen LogP contribution >= 0.6 is 23.4 Å². The third-order valence-corrected chi connectivity index (χ3v) is 6.57. The van der Waals surface area contributed by atoms with Crippen LogP contribution in [0.25, 0.3) is 10.8 Å². The molecule has 1 N–H and O–H groups in total. The fourth-order valence-corrected chi connectivity index (χ4v) is 4.34. The van der Waals surface area contributed by atoms with E-state index in [1.165, 1.54) is 43.1 Å². The second-order valence-electron chi connectivity index (χ2n) is 5.90. The maximum Gasteiger partial charge on any atom is 0.315 e. The van der Waals surface area contributed by atoms with Crippen molar-refractivity contribution in [3.05, 3.63) is 65.7 Å². The summed E-state index contributed by atoms with van der Waals surface area (Å²) in [5, 5.41) is 2.20. The first-order valence-electron chi connectivity index (χ1n) is 8.49. The molecule has 0 aromatic heterocycles. The van der Waals surface area contributed by atoms with E-state index in [0.29, 0.717) is 10.8 Å². The van der Waals surface area contributed by atoms with Crippen molar-refractivity contribution in [1.29, 1.82) is 0 Å². The van der Waals surface area contributed by atoms with E-state index < -0.39 is 10.0 Å². The zero-order valence-corrected chi connectivity index (χ0v) is 17.8. The van der Waals surface area contributed by atoms with Crippen LogP contribution in [0.2, 0.25) is 5.02 Å². The van der Waals surface area contributed by atoms with E-state index in [1.54, 1.807) is 6.07 Å². The van der Waals surface area contributed by atoms with Crippen LogP contribution in [0.15, 0.2) is 70.5 Å². The number of nitrogens with one attached hydrogen (secondary N) is 1. The molecule has 3 aromatic carbocycles. The van der Waals surface area contributed by atoms with Crippen LogP contribution < -0.4 is 9.46 Å². The Kier molecular flexibility index (Phi) is 7.02. The minimum absolute atomic E-state index is 0.0951. The summed E-state index contributed by atoms with van der Waals surface area (Å²) in [6.07, 6.45) is 0. The lowest BCUT2D eigenvalue weighted by molar-refractivity contribution is -0.137. The van der Waals surface area contributed by atoms with E-state index in [2.05, 4.69) is 9.46 Å². The Labute approximate surface area is 178 Å². The van der Waals surface area contributed by atoms with Gasteiger partial charge in [-0.2, -0.15) is 4.72 Å². The lowest BCUT2D eigenvalue weighted by Crippen LogP contribution is -2.28. The minimum atomic E-state index is -3.74. The van der Waals surface area contributed by atoms with Gasteiger partial charge >= 0.3 is 5.97 Å². The SMILES string of the molecule is COC(=O)CSc1cc(OCNS(=O)(=O)c2ccc(Cl)cc2)c2ccccc2c1. The molecule has 0 bridgehead atoms. The summed E-state index contributed by atoms with van der Waals surface area (Å²) < 4.78 is 37.6. The molecule has 3 rings (SSSR count). The van der Waals surface area contributed by atoms with E-state index in [0.717, 1.165) is 15.7 Å². The van der Waals surface area contributed by atoms with Crippen LogP contribution in [0.1, 0.15) is 0 Å². The van der Waals surface area contributed by atoms with Crippen LogP contribution in [0.3, 0.4) is 0 Å². The van der Waals surface area contributed by atoms with Gasteiger partial charge in [0, 0.05) is 15.3 Å². The Bertz CT molecular complexity index is 1120. The molecule has 0 heterocycles. The van der Waals surface area contributed by atoms with Crippen molar-refractivity contribution in [2.45, 2.75) is 9.79 Å². The molecule has 0 saturated carbocycles. The molecule has 29 heavy (non-hydrogen) atoms. The lowest BCUT2D eigenvalue weighted by atomic mass is 10.1. The Morgan fingerprint density at radius 3 is 2.55 bits per heavy atom. The van der Waals surface area contributed by atoms with E-state index in [9.17, 15) is 13.2 Å². The van der Waals surface area contributed by atoms with Gasteiger partial charge in [-0.3, -0.25) is 4.79 Å². The summed E-state index contributed by atoms with van der Waals surface area (Å²) in [6, 6.07) is 17.1. The van der Waals surface area contributed by atoms with Gasteiger partial charge in [0.2, 0.25) is 10.0 Å². The number of rotatable bonds is 8. The van der Waals surface area contributed by atoms with Gasteiger partial charge < -0.3 is 9.47 Å². The van der Waals surface area contributed by atoms with Gasteiger partial charge in [0.15, 0.2) is 6.73 Å². The summed E-state index contributed by atoms with van der Waals surface area (Å²) in [5.74, 6) is 0.341. The highest BCUT2D eigenvalue weighted by molar-refractivity contribution is 8.00. The standard InChI is InChI=1S/C20H18ClNO5S2/c1-26-20(23)12-28-16-10-14-4-2-3-5-18(14)19(11-16)27-13-22-29(24,25)17-8-6-15(21)7-9-17/h2-11,22H,12-13H2,1H3. The zero-order valence-electron chi connectivity index (χ0n) is 15.4. The predicted molar refractivity (Wildman–Crippen MR) is 114 cm³/mol. The number of benzene rings is 3. The fourth-order valence-electron chi connectivity index (χ4n) is 2.53. The summed E-state index contributed by atoms with van der Waals surface area (Å²) in [5.41, 5.74) is 0. The molecule has 0 unspecified atom stereocenters. The summed E-state index contributed by atoms with van der Waals surface area (Å²) in [7, 11) is -2.40. The number of ether oxygens (including phenoxy) is 2. The van der Waals surface area contributed by atoms with Crippen LogP contribution in [0, 0.1) is 0 Å². The van der Waals surface area contributed by atoms with E-state index in [4.69, 9.17) is 16.3 Å². The van der Waals surface area contributed by atoms with E-state index in [-0.39, 0.29) is 23.3 Å². The molecule has 0 atom stereocenters. The summed E-state index contributed by atoms with van der Waals surface area (Å²) in [4.78, 5) is 12.3. The average molecular weight is 452 g/mol. The molecule has 0 spiro atoms. The molecule has 0 saturated heterocycles. The maximum atomic E-state index is 12.4. The normalized spacial score (nSPS) is 11.4. The fraction of sp³-hybridized carbons (Fsp3) is 0.150. The maximum absolute atomic E-state index is 12.4. The highest BCUT2D eigenvalue weighted by Gasteiger charge is 2.14. The first kappa shape index (κ1) is 21.4. The van der Waals surface area contributed by atoms with Crippen molar-refractivity contribution in [2.75, 3.05) is 19.6 Å². The van der Waals surface area contributed by atoms with E-state index in [1.807, 2.05) is 30.3 Å². The second-order valence-corrected chi connectivity index (χ2v) is 9.15. The highest BCUT2D eigenvalue weighted by atomic mass is 35.5. The van der Waals surface area contributed by atoms with Crippen LogP contribution in [0.4, 0.5) is 0 Å². The Morgan fingerprint density at radius 1 is 1.10 bits per heavy atom. The van der Waals surface area contributed by atoms with Crippen molar-refractivity contribution in [1.82, 2.24) is 4.72 Å². The van der Waals surface area contributed by atoms with Crippen molar-refractivity contribution >= 4 is 50.1 Å². The quantitative estimate of drug-likeness (QED) is 0.316. The molecule has 0 fully saturated rings. The zero-order chi connectivity index (χ0) is 20.9. The molecule has 0 radical (unpaired) electrons. The minimum Gasteiger partial charge on any atom is -0.477 e. The van der Waals surface area contributed by atoms with Gasteiger partial charge in [-0.15, -0.1) is 11.8 Å². The Hall–Kier alpha value is -2.26. The topological polar surface area (TPSA) is 81.7 Å². The third kappa shape index (κ3) is 5.63. The molecule has 9 heteroatoms. The molecule has 6 nitrogen and oxygen atoms in total. The number of sulfonamides is 1. The third-order valence-electron chi connectivity index (χ3n) is 3.98. The molecule has 152 valence electrons. The number of hydrogen-bond donors (Lipinski definition) is 1. The van der Waals surface area contributed by atoms with Gasteiger partial charge in [0.05, 0.1) is 17.8 Å². The van der Waals surface area contributed by atoms with Gasteiger partial charge in [0.25, 0.3) is 0 Å². The number of thioether (sulfide) groups is 1. The second kappa shape index (κ2) is 9.49.